The molecule has 0 unspecified atom stereocenters. The van der Waals surface area contributed by atoms with Crippen LogP contribution in [0.4, 0.5) is 4.79 Å². The van der Waals surface area contributed by atoms with Gasteiger partial charge in [0.1, 0.15) is 11.3 Å². The summed E-state index contributed by atoms with van der Waals surface area (Å²) in [6, 6.07) is 9.35. The maximum absolute atomic E-state index is 13.0. The SMILES string of the molecule is Cc1oc(-c2ccccc2)nc1CC(=O)N1CCC2(CC1)C(=O)N(C)C(=O)N2CC(C)C. The van der Waals surface area contributed by atoms with Crippen LogP contribution in [0.2, 0.25) is 0 Å². The molecule has 0 saturated carbocycles. The van der Waals surface area contributed by atoms with Gasteiger partial charge in [0.2, 0.25) is 11.8 Å². The highest BCUT2D eigenvalue weighted by atomic mass is 16.4. The number of oxazole rings is 1. The summed E-state index contributed by atoms with van der Waals surface area (Å²) in [5.41, 5.74) is 0.660. The normalized spacial score (nSPS) is 18.3. The van der Waals surface area contributed by atoms with Gasteiger partial charge in [-0.05, 0) is 37.8 Å². The fourth-order valence-corrected chi connectivity index (χ4v) is 4.66. The molecular weight excluding hydrogens is 408 g/mol. The number of carbonyl (C=O) groups is 3. The Bertz CT molecular complexity index is 1020. The van der Waals surface area contributed by atoms with Gasteiger partial charge in [-0.2, -0.15) is 0 Å². The number of likely N-dealkylation sites (tertiary alicyclic amines) is 1. The number of nitrogens with zero attached hydrogens (tertiary/aromatic N) is 4. The first-order valence-electron chi connectivity index (χ1n) is 11.1. The largest absolute Gasteiger partial charge is 0.441 e. The summed E-state index contributed by atoms with van der Waals surface area (Å²) in [6.07, 6.45) is 1.05. The van der Waals surface area contributed by atoms with Gasteiger partial charge in [0.25, 0.3) is 5.91 Å². The summed E-state index contributed by atoms with van der Waals surface area (Å²) in [4.78, 5) is 47.9. The number of rotatable bonds is 5. The lowest BCUT2D eigenvalue weighted by Crippen LogP contribution is -2.58. The van der Waals surface area contributed by atoms with Crippen molar-refractivity contribution in [2.45, 2.75) is 45.6 Å². The summed E-state index contributed by atoms with van der Waals surface area (Å²) in [7, 11) is 1.54. The lowest BCUT2D eigenvalue weighted by atomic mass is 9.85. The van der Waals surface area contributed by atoms with Crippen molar-refractivity contribution < 1.29 is 18.8 Å². The van der Waals surface area contributed by atoms with Crippen molar-refractivity contribution in [2.75, 3.05) is 26.7 Å². The Morgan fingerprint density at radius 1 is 1.16 bits per heavy atom. The Balaban J connectivity index is 1.44. The van der Waals surface area contributed by atoms with E-state index in [4.69, 9.17) is 4.42 Å². The Kier molecular flexibility index (Phi) is 5.79. The molecule has 2 aromatic rings. The van der Waals surface area contributed by atoms with Crippen molar-refractivity contribution in [3.05, 3.63) is 41.8 Å². The molecule has 1 aromatic heterocycles. The van der Waals surface area contributed by atoms with E-state index in [2.05, 4.69) is 4.98 Å². The highest BCUT2D eigenvalue weighted by Crippen LogP contribution is 2.37. The van der Waals surface area contributed by atoms with Crippen LogP contribution in [0.15, 0.2) is 34.7 Å². The number of benzene rings is 1. The summed E-state index contributed by atoms with van der Waals surface area (Å²) in [5.74, 6) is 1.19. The molecule has 4 rings (SSSR count). The molecule has 0 aliphatic carbocycles. The Labute approximate surface area is 188 Å². The lowest BCUT2D eigenvalue weighted by Gasteiger charge is -2.42. The second kappa shape index (κ2) is 8.41. The van der Waals surface area contributed by atoms with Gasteiger partial charge in [0.15, 0.2) is 0 Å². The molecule has 0 atom stereocenters. The van der Waals surface area contributed by atoms with Crippen LogP contribution in [0.1, 0.15) is 38.1 Å². The number of carbonyl (C=O) groups excluding carboxylic acids is 3. The van der Waals surface area contributed by atoms with Gasteiger partial charge < -0.3 is 14.2 Å². The summed E-state index contributed by atoms with van der Waals surface area (Å²) in [5, 5.41) is 0. The third-order valence-corrected chi connectivity index (χ3v) is 6.46. The first-order valence-corrected chi connectivity index (χ1v) is 11.1. The number of aromatic nitrogens is 1. The molecule has 0 radical (unpaired) electrons. The second-order valence-electron chi connectivity index (χ2n) is 9.13. The van der Waals surface area contributed by atoms with Crippen molar-refractivity contribution in [1.29, 1.82) is 0 Å². The zero-order valence-corrected chi connectivity index (χ0v) is 19.1. The van der Waals surface area contributed by atoms with E-state index in [-0.39, 0.29) is 30.2 Å². The van der Waals surface area contributed by atoms with Crippen LogP contribution in [-0.2, 0) is 16.0 Å². The molecule has 3 heterocycles. The molecule has 32 heavy (non-hydrogen) atoms. The van der Waals surface area contributed by atoms with Crippen LogP contribution >= 0.6 is 0 Å². The predicted octanol–water partition coefficient (Wildman–Crippen LogP) is 3.10. The quantitative estimate of drug-likeness (QED) is 0.670. The minimum atomic E-state index is -0.836. The second-order valence-corrected chi connectivity index (χ2v) is 9.13. The number of hydrogen-bond acceptors (Lipinski definition) is 5. The van der Waals surface area contributed by atoms with Crippen LogP contribution < -0.4 is 0 Å². The Morgan fingerprint density at radius 3 is 2.44 bits per heavy atom. The maximum atomic E-state index is 13.0. The van der Waals surface area contributed by atoms with E-state index in [1.807, 2.05) is 51.1 Å². The van der Waals surface area contributed by atoms with Crippen LogP contribution in [0, 0.1) is 12.8 Å². The topological polar surface area (TPSA) is 87.0 Å². The first-order chi connectivity index (χ1) is 15.2. The summed E-state index contributed by atoms with van der Waals surface area (Å²) in [6.45, 7) is 7.28. The standard InChI is InChI=1S/C24H30N4O4/c1-16(2)15-28-23(31)26(4)22(30)24(28)10-12-27(13-11-24)20(29)14-19-17(3)32-21(25-19)18-8-6-5-7-9-18/h5-9,16H,10-15H2,1-4H3. The van der Waals surface area contributed by atoms with Crippen molar-refractivity contribution in [3.8, 4) is 11.5 Å². The molecule has 2 saturated heterocycles. The lowest BCUT2D eigenvalue weighted by molar-refractivity contribution is -0.140. The van der Waals surface area contributed by atoms with Gasteiger partial charge in [-0.1, -0.05) is 32.0 Å². The van der Waals surface area contributed by atoms with E-state index in [1.165, 1.54) is 4.90 Å². The molecule has 4 amide bonds. The third-order valence-electron chi connectivity index (χ3n) is 6.46. The van der Waals surface area contributed by atoms with E-state index in [0.717, 1.165) is 5.56 Å². The monoisotopic (exact) mass is 438 g/mol. The number of amides is 4. The van der Waals surface area contributed by atoms with Crippen molar-refractivity contribution >= 4 is 17.8 Å². The Hall–Kier alpha value is -3.16. The zero-order valence-electron chi connectivity index (χ0n) is 19.1. The first kappa shape index (κ1) is 22.0. The van der Waals surface area contributed by atoms with Crippen molar-refractivity contribution in [1.82, 2.24) is 19.7 Å². The van der Waals surface area contributed by atoms with E-state index >= 15 is 0 Å². The number of urea groups is 1. The van der Waals surface area contributed by atoms with E-state index in [0.29, 0.717) is 49.8 Å². The zero-order chi connectivity index (χ0) is 23.0. The van der Waals surface area contributed by atoms with E-state index in [9.17, 15) is 14.4 Å². The van der Waals surface area contributed by atoms with Crippen molar-refractivity contribution in [2.24, 2.45) is 5.92 Å². The molecule has 0 bridgehead atoms. The van der Waals surface area contributed by atoms with Gasteiger partial charge in [0, 0.05) is 32.2 Å². The van der Waals surface area contributed by atoms with Crippen LogP contribution in [0.25, 0.3) is 11.5 Å². The fraction of sp³-hybridized carbons (Fsp3) is 0.500. The fourth-order valence-electron chi connectivity index (χ4n) is 4.66. The minimum absolute atomic E-state index is 0.0450. The van der Waals surface area contributed by atoms with E-state index < -0.39 is 5.54 Å². The van der Waals surface area contributed by atoms with Gasteiger partial charge in [-0.25, -0.2) is 9.78 Å². The molecule has 8 heteroatoms. The van der Waals surface area contributed by atoms with Crippen LogP contribution in [0.5, 0.6) is 0 Å². The number of hydrogen-bond donors (Lipinski definition) is 0. The van der Waals surface area contributed by atoms with Gasteiger partial charge in [0.05, 0.1) is 12.1 Å². The highest BCUT2D eigenvalue weighted by Gasteiger charge is 2.57. The van der Waals surface area contributed by atoms with Gasteiger partial charge in [-0.15, -0.1) is 0 Å². The van der Waals surface area contributed by atoms with Gasteiger partial charge in [-0.3, -0.25) is 14.5 Å². The van der Waals surface area contributed by atoms with Gasteiger partial charge >= 0.3 is 6.03 Å². The molecule has 2 fully saturated rings. The summed E-state index contributed by atoms with van der Waals surface area (Å²) >= 11 is 0. The average molecular weight is 439 g/mol. The third kappa shape index (κ3) is 3.78. The number of imide groups is 1. The molecular formula is C24H30N4O4. The predicted molar refractivity (Wildman–Crippen MR) is 119 cm³/mol. The smallest absolute Gasteiger partial charge is 0.327 e. The molecule has 1 spiro atoms. The van der Waals surface area contributed by atoms with Crippen molar-refractivity contribution in [3.63, 3.8) is 0 Å². The number of aryl methyl sites for hydroxylation is 1. The molecule has 0 N–H and O–H groups in total. The molecule has 2 aliphatic heterocycles. The summed E-state index contributed by atoms with van der Waals surface area (Å²) < 4.78 is 5.78. The number of piperidine rings is 1. The minimum Gasteiger partial charge on any atom is -0.441 e. The molecule has 1 aromatic carbocycles. The highest BCUT2D eigenvalue weighted by molar-refractivity contribution is 6.07. The van der Waals surface area contributed by atoms with Crippen LogP contribution in [0.3, 0.4) is 0 Å². The maximum Gasteiger partial charge on any atom is 0.327 e. The average Bonchev–Trinajstić information content (AvgIpc) is 3.22. The molecule has 170 valence electrons. The molecule has 2 aliphatic rings. The number of likely N-dealkylation sites (N-methyl/N-ethyl adjacent to an activating group) is 1. The molecule has 8 nitrogen and oxygen atoms in total. The Morgan fingerprint density at radius 2 is 1.81 bits per heavy atom. The van der Waals surface area contributed by atoms with Crippen LogP contribution in [-0.4, -0.2) is 69.8 Å². The van der Waals surface area contributed by atoms with E-state index in [1.54, 1.807) is 16.8 Å².